The molecule has 7 heteroatoms. The zero-order valence-electron chi connectivity index (χ0n) is 17.5. The zero-order chi connectivity index (χ0) is 21.8. The molecule has 2 heterocycles. The summed E-state index contributed by atoms with van der Waals surface area (Å²) in [4.78, 5) is 40.6. The molecule has 0 N–H and O–H groups in total. The van der Waals surface area contributed by atoms with E-state index in [9.17, 15) is 14.4 Å². The number of aromatic nitrogens is 2. The Morgan fingerprint density at radius 1 is 0.903 bits per heavy atom. The Bertz CT molecular complexity index is 1150. The van der Waals surface area contributed by atoms with Crippen molar-refractivity contribution >= 4 is 22.6 Å². The predicted octanol–water partition coefficient (Wildman–Crippen LogP) is 3.33. The van der Waals surface area contributed by atoms with Crippen LogP contribution in [0.25, 0.3) is 16.5 Å². The van der Waals surface area contributed by atoms with E-state index in [0.717, 1.165) is 25.7 Å². The number of rotatable bonds is 4. The minimum Gasteiger partial charge on any atom is -0.448 e. The lowest BCUT2D eigenvalue weighted by Gasteiger charge is -2.24. The van der Waals surface area contributed by atoms with Crippen molar-refractivity contribution in [3.05, 3.63) is 70.6 Å². The molecule has 1 fully saturated rings. The number of fused-ring (bicyclic) bond motifs is 1. The van der Waals surface area contributed by atoms with Crippen LogP contribution in [0.15, 0.2) is 59.4 Å². The second kappa shape index (κ2) is 9.12. The summed E-state index contributed by atoms with van der Waals surface area (Å²) in [5, 5.41) is 5.08. The molecular weight excluding hydrogens is 394 g/mol. The number of nitrogens with zero attached hydrogens (tertiary/aromatic N) is 3. The Kier molecular flexibility index (Phi) is 6.11. The summed E-state index contributed by atoms with van der Waals surface area (Å²) >= 11 is 0. The fraction of sp³-hybridized carbons (Fsp3) is 0.333. The van der Waals surface area contributed by atoms with Gasteiger partial charge in [-0.2, -0.15) is 9.78 Å². The molecule has 0 saturated carbocycles. The van der Waals surface area contributed by atoms with Gasteiger partial charge in [-0.1, -0.05) is 49.2 Å². The van der Waals surface area contributed by atoms with E-state index in [4.69, 9.17) is 4.74 Å². The average Bonchev–Trinajstić information content (AvgIpc) is 3.09. The van der Waals surface area contributed by atoms with Crippen LogP contribution < -0.4 is 5.56 Å². The molecule has 0 bridgehead atoms. The van der Waals surface area contributed by atoms with Gasteiger partial charge in [-0.25, -0.2) is 4.79 Å². The summed E-state index contributed by atoms with van der Waals surface area (Å²) in [6.07, 6.45) is 3.20. The monoisotopic (exact) mass is 419 g/mol. The first-order valence-electron chi connectivity index (χ1n) is 10.6. The van der Waals surface area contributed by atoms with Gasteiger partial charge in [0.1, 0.15) is 0 Å². The predicted molar refractivity (Wildman–Crippen MR) is 117 cm³/mol. The molecule has 0 spiro atoms. The van der Waals surface area contributed by atoms with Gasteiger partial charge in [0.25, 0.3) is 11.5 Å². The molecule has 3 aromatic rings. The molecular formula is C24H25N3O4. The van der Waals surface area contributed by atoms with Crippen molar-refractivity contribution in [1.82, 2.24) is 14.7 Å². The number of likely N-dealkylation sites (tertiary alicyclic amines) is 1. The summed E-state index contributed by atoms with van der Waals surface area (Å²) < 4.78 is 6.72. The topological polar surface area (TPSA) is 81.5 Å². The second-order valence-corrected chi connectivity index (χ2v) is 7.73. The van der Waals surface area contributed by atoms with Crippen LogP contribution in [0.2, 0.25) is 0 Å². The van der Waals surface area contributed by atoms with E-state index >= 15 is 0 Å². The molecule has 2 aromatic carbocycles. The normalized spacial score (nSPS) is 15.3. The van der Waals surface area contributed by atoms with E-state index in [0.29, 0.717) is 29.5 Å². The Labute approximate surface area is 180 Å². The van der Waals surface area contributed by atoms with Gasteiger partial charge in [0.2, 0.25) is 0 Å². The van der Waals surface area contributed by atoms with Gasteiger partial charge < -0.3 is 9.64 Å². The standard InChI is InChI=1S/C24H25N3O4/c1-17(22(28)26-15-9-2-3-10-16-26)31-24(30)21-19-13-7-8-14-20(19)23(29)27(25-21)18-11-5-4-6-12-18/h4-8,11-14,17H,2-3,9-10,15-16H2,1H3. The van der Waals surface area contributed by atoms with Crippen molar-refractivity contribution in [2.24, 2.45) is 0 Å². The quantitative estimate of drug-likeness (QED) is 0.606. The number of ether oxygens (including phenoxy) is 1. The minimum atomic E-state index is -0.928. The van der Waals surface area contributed by atoms with Gasteiger partial charge in [0, 0.05) is 18.5 Å². The van der Waals surface area contributed by atoms with Crippen LogP contribution in [0.4, 0.5) is 0 Å². The van der Waals surface area contributed by atoms with Gasteiger partial charge in [0.15, 0.2) is 11.8 Å². The zero-order valence-corrected chi connectivity index (χ0v) is 17.5. The molecule has 160 valence electrons. The SMILES string of the molecule is CC(OC(=O)c1nn(-c2ccccc2)c(=O)c2ccccc12)C(=O)N1CCCCCC1. The fourth-order valence-electron chi connectivity index (χ4n) is 3.90. The Morgan fingerprint density at radius 2 is 1.52 bits per heavy atom. The van der Waals surface area contributed by atoms with E-state index in [1.807, 2.05) is 6.07 Å². The fourth-order valence-corrected chi connectivity index (χ4v) is 3.90. The van der Waals surface area contributed by atoms with E-state index in [2.05, 4.69) is 5.10 Å². The highest BCUT2D eigenvalue weighted by molar-refractivity contribution is 6.03. The van der Waals surface area contributed by atoms with Gasteiger partial charge >= 0.3 is 5.97 Å². The van der Waals surface area contributed by atoms with Crippen LogP contribution >= 0.6 is 0 Å². The van der Waals surface area contributed by atoms with E-state index < -0.39 is 12.1 Å². The number of para-hydroxylation sites is 1. The number of benzene rings is 2. The van der Waals surface area contributed by atoms with Crippen LogP contribution in [0.5, 0.6) is 0 Å². The maximum atomic E-state index is 13.0. The molecule has 1 aliphatic heterocycles. The molecule has 1 unspecified atom stereocenters. The first-order chi connectivity index (χ1) is 15.1. The van der Waals surface area contributed by atoms with Gasteiger partial charge in [-0.15, -0.1) is 0 Å². The van der Waals surface area contributed by atoms with Crippen molar-refractivity contribution in [3.8, 4) is 5.69 Å². The molecule has 1 saturated heterocycles. The molecule has 0 radical (unpaired) electrons. The highest BCUT2D eigenvalue weighted by Crippen LogP contribution is 2.18. The smallest absolute Gasteiger partial charge is 0.360 e. The summed E-state index contributed by atoms with van der Waals surface area (Å²) in [7, 11) is 0. The van der Waals surface area contributed by atoms with E-state index in [-0.39, 0.29) is 17.2 Å². The lowest BCUT2D eigenvalue weighted by Crippen LogP contribution is -2.40. The Hall–Kier alpha value is -3.48. The van der Waals surface area contributed by atoms with Crippen molar-refractivity contribution in [3.63, 3.8) is 0 Å². The van der Waals surface area contributed by atoms with Gasteiger partial charge in [0.05, 0.1) is 11.1 Å². The number of hydrogen-bond donors (Lipinski definition) is 0. The first-order valence-corrected chi connectivity index (χ1v) is 10.6. The molecule has 0 aliphatic carbocycles. The van der Waals surface area contributed by atoms with Crippen molar-refractivity contribution in [2.75, 3.05) is 13.1 Å². The number of carbonyl (C=O) groups excluding carboxylic acids is 2. The van der Waals surface area contributed by atoms with Crippen LogP contribution in [0.1, 0.15) is 43.1 Å². The summed E-state index contributed by atoms with van der Waals surface area (Å²) in [5.41, 5.74) is 0.225. The van der Waals surface area contributed by atoms with Crippen LogP contribution in [-0.2, 0) is 9.53 Å². The van der Waals surface area contributed by atoms with Crippen molar-refractivity contribution in [2.45, 2.75) is 38.7 Å². The third-order valence-electron chi connectivity index (χ3n) is 5.55. The average molecular weight is 419 g/mol. The summed E-state index contributed by atoms with van der Waals surface area (Å²) in [6.45, 7) is 2.95. The molecule has 1 atom stereocenters. The highest BCUT2D eigenvalue weighted by atomic mass is 16.5. The number of carbonyl (C=O) groups is 2. The summed E-state index contributed by atoms with van der Waals surface area (Å²) in [5.74, 6) is -0.924. The Balaban J connectivity index is 1.66. The molecule has 7 nitrogen and oxygen atoms in total. The first kappa shape index (κ1) is 20.8. The third kappa shape index (κ3) is 4.35. The third-order valence-corrected chi connectivity index (χ3v) is 5.55. The van der Waals surface area contributed by atoms with Gasteiger partial charge in [-0.3, -0.25) is 9.59 Å². The minimum absolute atomic E-state index is 0.00886. The molecule has 1 aliphatic rings. The number of amides is 1. The van der Waals surface area contributed by atoms with Crippen molar-refractivity contribution < 1.29 is 14.3 Å². The largest absolute Gasteiger partial charge is 0.448 e. The van der Waals surface area contributed by atoms with Crippen LogP contribution in [-0.4, -0.2) is 45.8 Å². The van der Waals surface area contributed by atoms with Gasteiger partial charge in [-0.05, 0) is 38.0 Å². The molecule has 4 rings (SSSR count). The maximum Gasteiger partial charge on any atom is 0.360 e. The molecule has 31 heavy (non-hydrogen) atoms. The molecule has 1 aromatic heterocycles. The second-order valence-electron chi connectivity index (χ2n) is 7.73. The maximum absolute atomic E-state index is 13.0. The highest BCUT2D eigenvalue weighted by Gasteiger charge is 2.27. The number of hydrogen-bond acceptors (Lipinski definition) is 5. The van der Waals surface area contributed by atoms with E-state index in [1.165, 1.54) is 4.68 Å². The van der Waals surface area contributed by atoms with E-state index in [1.54, 1.807) is 60.4 Å². The summed E-state index contributed by atoms with van der Waals surface area (Å²) in [6, 6.07) is 15.7. The lowest BCUT2D eigenvalue weighted by molar-refractivity contribution is -0.139. The van der Waals surface area contributed by atoms with Crippen LogP contribution in [0, 0.1) is 0 Å². The molecule has 1 amide bonds. The van der Waals surface area contributed by atoms with Crippen molar-refractivity contribution in [1.29, 1.82) is 0 Å². The number of esters is 1. The van der Waals surface area contributed by atoms with Crippen LogP contribution in [0.3, 0.4) is 0 Å². The lowest BCUT2D eigenvalue weighted by atomic mass is 10.1. The Morgan fingerprint density at radius 3 is 2.19 bits per heavy atom.